The van der Waals surface area contributed by atoms with Gasteiger partial charge in [0.15, 0.2) is 5.65 Å². The minimum atomic E-state index is -0.497. The lowest BCUT2D eigenvalue weighted by molar-refractivity contribution is -0.385. The van der Waals surface area contributed by atoms with Gasteiger partial charge in [-0.25, -0.2) is 9.78 Å². The fraction of sp³-hybridized carbons (Fsp3) is 0.214. The Balaban J connectivity index is 2.31. The van der Waals surface area contributed by atoms with Gasteiger partial charge < -0.3 is 4.98 Å². The van der Waals surface area contributed by atoms with Gasteiger partial charge in [0.05, 0.1) is 4.92 Å². The number of hydrogen-bond donors (Lipinski definition) is 1. The maximum atomic E-state index is 12.1. The standard InChI is InChI=1S/C14H13N5O4/c1-7-4-5-8(6-9(7)19(22)23)11-15-10-12(16-11)17(2)14(21)18(3)13(10)20/h4-6H,1-3H3,(H,15,16). The summed E-state index contributed by atoms with van der Waals surface area (Å²) in [6.45, 7) is 1.64. The van der Waals surface area contributed by atoms with Crippen LogP contribution in [0.5, 0.6) is 0 Å². The van der Waals surface area contributed by atoms with Crippen molar-refractivity contribution in [3.63, 3.8) is 0 Å². The number of nitro groups is 1. The molecule has 9 heteroatoms. The van der Waals surface area contributed by atoms with E-state index in [0.29, 0.717) is 17.0 Å². The Bertz CT molecular complexity index is 1070. The van der Waals surface area contributed by atoms with Crippen LogP contribution in [0.2, 0.25) is 0 Å². The molecule has 9 nitrogen and oxygen atoms in total. The first-order chi connectivity index (χ1) is 10.8. The van der Waals surface area contributed by atoms with Crippen LogP contribution in [0.15, 0.2) is 27.8 Å². The zero-order chi connectivity index (χ0) is 16.9. The van der Waals surface area contributed by atoms with Gasteiger partial charge in [0, 0.05) is 31.3 Å². The molecule has 0 saturated heterocycles. The van der Waals surface area contributed by atoms with E-state index in [-0.39, 0.29) is 16.9 Å². The first-order valence-electron chi connectivity index (χ1n) is 6.72. The van der Waals surface area contributed by atoms with Gasteiger partial charge in [-0.1, -0.05) is 12.1 Å². The van der Waals surface area contributed by atoms with E-state index in [4.69, 9.17) is 0 Å². The van der Waals surface area contributed by atoms with Crippen molar-refractivity contribution in [1.29, 1.82) is 0 Å². The van der Waals surface area contributed by atoms with E-state index in [1.54, 1.807) is 19.1 Å². The third-order valence-electron chi connectivity index (χ3n) is 3.77. The van der Waals surface area contributed by atoms with E-state index in [1.807, 2.05) is 0 Å². The van der Waals surface area contributed by atoms with Crippen LogP contribution in [0.1, 0.15) is 5.56 Å². The molecule has 0 bridgehead atoms. The molecule has 0 spiro atoms. The van der Waals surface area contributed by atoms with Crippen LogP contribution in [0, 0.1) is 17.0 Å². The second-order valence-electron chi connectivity index (χ2n) is 5.25. The van der Waals surface area contributed by atoms with Gasteiger partial charge in [0.25, 0.3) is 11.2 Å². The largest absolute Gasteiger partial charge is 0.332 e. The number of aromatic amines is 1. The van der Waals surface area contributed by atoms with Crippen LogP contribution in [-0.2, 0) is 14.1 Å². The summed E-state index contributed by atoms with van der Waals surface area (Å²) in [4.78, 5) is 41.7. The molecule has 3 aromatic rings. The number of H-pyrrole nitrogens is 1. The summed E-state index contributed by atoms with van der Waals surface area (Å²) >= 11 is 0. The summed E-state index contributed by atoms with van der Waals surface area (Å²) in [5.41, 5.74) is 0.346. The van der Waals surface area contributed by atoms with Crippen molar-refractivity contribution in [1.82, 2.24) is 19.1 Å². The Hall–Kier alpha value is -3.23. The number of aromatic nitrogens is 4. The molecule has 0 aliphatic rings. The number of nitrogens with one attached hydrogen (secondary N) is 1. The van der Waals surface area contributed by atoms with Gasteiger partial charge in [-0.2, -0.15) is 0 Å². The van der Waals surface area contributed by atoms with E-state index in [9.17, 15) is 19.7 Å². The van der Waals surface area contributed by atoms with Gasteiger partial charge in [0.1, 0.15) is 11.3 Å². The zero-order valence-electron chi connectivity index (χ0n) is 12.7. The Morgan fingerprint density at radius 2 is 1.91 bits per heavy atom. The molecule has 0 amide bonds. The molecule has 0 saturated carbocycles. The summed E-state index contributed by atoms with van der Waals surface area (Å²) in [6, 6.07) is 4.66. The SMILES string of the molecule is Cc1ccc(-c2nc3c([nH]2)c(=O)n(C)c(=O)n3C)cc1[N+](=O)[O-]. The first kappa shape index (κ1) is 14.7. The monoisotopic (exact) mass is 315 g/mol. The first-order valence-corrected chi connectivity index (χ1v) is 6.72. The maximum Gasteiger partial charge on any atom is 0.332 e. The number of benzene rings is 1. The average molecular weight is 315 g/mol. The topological polar surface area (TPSA) is 116 Å². The molecule has 3 rings (SSSR count). The van der Waals surface area contributed by atoms with Crippen LogP contribution in [0.3, 0.4) is 0 Å². The minimum absolute atomic E-state index is 0.0373. The van der Waals surface area contributed by atoms with Crippen LogP contribution < -0.4 is 11.2 Å². The number of fused-ring (bicyclic) bond motifs is 1. The Labute approximate surface area is 129 Å². The molecule has 0 fully saturated rings. The Morgan fingerprint density at radius 3 is 2.57 bits per heavy atom. The molecule has 2 aromatic heterocycles. The Morgan fingerprint density at radius 1 is 1.22 bits per heavy atom. The highest BCUT2D eigenvalue weighted by atomic mass is 16.6. The molecule has 23 heavy (non-hydrogen) atoms. The smallest absolute Gasteiger partial charge is 0.332 e. The predicted octanol–water partition coefficient (Wildman–Crippen LogP) is 0.844. The molecule has 0 aliphatic carbocycles. The molecule has 1 N–H and O–H groups in total. The van der Waals surface area contributed by atoms with Gasteiger partial charge in [0.2, 0.25) is 0 Å². The maximum absolute atomic E-state index is 12.1. The van der Waals surface area contributed by atoms with E-state index < -0.39 is 16.2 Å². The number of nitrogens with zero attached hydrogens (tertiary/aromatic N) is 4. The fourth-order valence-electron chi connectivity index (χ4n) is 2.42. The van der Waals surface area contributed by atoms with Crippen LogP contribution >= 0.6 is 0 Å². The third-order valence-corrected chi connectivity index (χ3v) is 3.77. The zero-order valence-corrected chi connectivity index (χ0v) is 12.7. The molecular formula is C14H13N5O4. The third kappa shape index (κ3) is 2.13. The number of nitro benzene ring substituents is 1. The van der Waals surface area contributed by atoms with Crippen molar-refractivity contribution in [2.24, 2.45) is 14.1 Å². The van der Waals surface area contributed by atoms with Crippen molar-refractivity contribution in [2.75, 3.05) is 0 Å². The van der Waals surface area contributed by atoms with E-state index in [0.717, 1.165) is 4.57 Å². The summed E-state index contributed by atoms with van der Waals surface area (Å²) in [6.07, 6.45) is 0. The number of imidazole rings is 1. The predicted molar refractivity (Wildman–Crippen MR) is 83.4 cm³/mol. The molecule has 118 valence electrons. The number of aryl methyl sites for hydroxylation is 2. The van der Waals surface area contributed by atoms with Crippen LogP contribution in [-0.4, -0.2) is 24.0 Å². The van der Waals surface area contributed by atoms with Crippen molar-refractivity contribution in [3.05, 3.63) is 54.7 Å². The summed E-state index contributed by atoms with van der Waals surface area (Å²) in [5, 5.41) is 11.1. The average Bonchev–Trinajstić information content (AvgIpc) is 2.96. The number of rotatable bonds is 2. The second kappa shape index (κ2) is 4.90. The van der Waals surface area contributed by atoms with Gasteiger partial charge >= 0.3 is 5.69 Å². The molecule has 0 atom stereocenters. The van der Waals surface area contributed by atoms with Crippen LogP contribution in [0.4, 0.5) is 5.69 Å². The number of hydrogen-bond acceptors (Lipinski definition) is 5. The summed E-state index contributed by atoms with van der Waals surface area (Å²) in [5.74, 6) is 0.293. The molecule has 1 aromatic carbocycles. The normalized spacial score (nSPS) is 11.1. The van der Waals surface area contributed by atoms with Crippen molar-refractivity contribution >= 4 is 16.9 Å². The quantitative estimate of drug-likeness (QED) is 0.556. The lowest BCUT2D eigenvalue weighted by atomic mass is 10.1. The van der Waals surface area contributed by atoms with E-state index in [2.05, 4.69) is 9.97 Å². The second-order valence-corrected chi connectivity index (χ2v) is 5.25. The van der Waals surface area contributed by atoms with E-state index >= 15 is 0 Å². The molecule has 0 aliphatic heterocycles. The Kier molecular flexibility index (Phi) is 3.13. The highest BCUT2D eigenvalue weighted by molar-refractivity contribution is 5.76. The molecular weight excluding hydrogens is 302 g/mol. The lowest BCUT2D eigenvalue weighted by Crippen LogP contribution is -2.36. The van der Waals surface area contributed by atoms with E-state index in [1.165, 1.54) is 24.7 Å². The highest BCUT2D eigenvalue weighted by Crippen LogP contribution is 2.25. The highest BCUT2D eigenvalue weighted by Gasteiger charge is 2.17. The van der Waals surface area contributed by atoms with Crippen molar-refractivity contribution < 1.29 is 4.92 Å². The summed E-state index contributed by atoms with van der Waals surface area (Å²) < 4.78 is 2.22. The van der Waals surface area contributed by atoms with Gasteiger partial charge in [-0.15, -0.1) is 0 Å². The van der Waals surface area contributed by atoms with Crippen LogP contribution in [0.25, 0.3) is 22.6 Å². The molecule has 0 unspecified atom stereocenters. The molecule has 2 heterocycles. The van der Waals surface area contributed by atoms with Gasteiger partial charge in [-0.3, -0.25) is 24.0 Å². The van der Waals surface area contributed by atoms with Crippen molar-refractivity contribution in [3.8, 4) is 11.4 Å². The fourth-order valence-corrected chi connectivity index (χ4v) is 2.42. The minimum Gasteiger partial charge on any atom is -0.332 e. The van der Waals surface area contributed by atoms with Gasteiger partial charge in [-0.05, 0) is 6.92 Å². The summed E-state index contributed by atoms with van der Waals surface area (Å²) in [7, 11) is 2.88. The van der Waals surface area contributed by atoms with Crippen molar-refractivity contribution in [2.45, 2.75) is 6.92 Å². The molecule has 0 radical (unpaired) electrons. The lowest BCUT2D eigenvalue weighted by Gasteiger charge is -2.00.